The second kappa shape index (κ2) is 7.44. The van der Waals surface area contributed by atoms with Gasteiger partial charge >= 0.3 is 0 Å². The van der Waals surface area contributed by atoms with Crippen molar-refractivity contribution in [2.75, 3.05) is 0 Å². The van der Waals surface area contributed by atoms with Crippen LogP contribution in [0.5, 0.6) is 0 Å². The summed E-state index contributed by atoms with van der Waals surface area (Å²) in [5.41, 5.74) is -0.153. The van der Waals surface area contributed by atoms with E-state index in [1.165, 1.54) is 32.1 Å². The number of rotatable bonds is 5. The molecule has 118 valence electrons. The second-order valence-electron chi connectivity index (χ2n) is 7.99. The Labute approximate surface area is 125 Å². The lowest BCUT2D eigenvalue weighted by Gasteiger charge is -2.33. The van der Waals surface area contributed by atoms with Crippen LogP contribution < -0.4 is 10.6 Å². The van der Waals surface area contributed by atoms with Gasteiger partial charge in [0, 0.05) is 11.6 Å². The monoisotopic (exact) mass is 282 g/mol. The zero-order chi connectivity index (χ0) is 15.3. The van der Waals surface area contributed by atoms with Crippen molar-refractivity contribution in [1.82, 2.24) is 10.6 Å². The third kappa shape index (κ3) is 6.74. The van der Waals surface area contributed by atoms with E-state index < -0.39 is 0 Å². The molecule has 3 nitrogen and oxygen atoms in total. The minimum atomic E-state index is -0.153. The molecule has 1 aliphatic carbocycles. The van der Waals surface area contributed by atoms with Crippen LogP contribution in [0.1, 0.15) is 73.6 Å². The van der Waals surface area contributed by atoms with Crippen molar-refractivity contribution in [2.45, 2.75) is 91.3 Å². The molecule has 0 aromatic heterocycles. The summed E-state index contributed by atoms with van der Waals surface area (Å²) in [5.74, 6) is 1.72. The molecule has 3 heteroatoms. The molecule has 0 spiro atoms. The van der Waals surface area contributed by atoms with Crippen LogP contribution in [0.15, 0.2) is 0 Å². The maximum Gasteiger partial charge on any atom is 0.237 e. The maximum absolute atomic E-state index is 12.1. The third-order valence-corrected chi connectivity index (χ3v) is 3.96. The number of nitrogens with one attached hydrogen (secondary N) is 2. The fourth-order valence-corrected chi connectivity index (χ4v) is 3.23. The van der Waals surface area contributed by atoms with Crippen LogP contribution >= 0.6 is 0 Å². The van der Waals surface area contributed by atoms with Gasteiger partial charge < -0.3 is 10.6 Å². The highest BCUT2D eigenvalue weighted by molar-refractivity contribution is 5.81. The number of hydrogen-bond donors (Lipinski definition) is 2. The standard InChI is InChI=1S/C17H34N2O/c1-12(2)10-14-8-7-9-15(11-14)18-13(3)16(20)19-17(4,5)6/h12-15,18H,7-11H2,1-6H3,(H,19,20). The molecule has 20 heavy (non-hydrogen) atoms. The van der Waals surface area contributed by atoms with Crippen LogP contribution in [0.25, 0.3) is 0 Å². The third-order valence-electron chi connectivity index (χ3n) is 3.96. The molecule has 1 aliphatic rings. The summed E-state index contributed by atoms with van der Waals surface area (Å²) < 4.78 is 0. The van der Waals surface area contributed by atoms with E-state index in [-0.39, 0.29) is 17.5 Å². The first-order chi connectivity index (χ1) is 9.17. The van der Waals surface area contributed by atoms with Gasteiger partial charge in [0.2, 0.25) is 5.91 Å². The molecule has 0 saturated heterocycles. The van der Waals surface area contributed by atoms with Gasteiger partial charge in [-0.1, -0.05) is 26.7 Å². The molecule has 0 aromatic rings. The van der Waals surface area contributed by atoms with E-state index in [1.54, 1.807) is 0 Å². The zero-order valence-corrected chi connectivity index (χ0v) is 14.3. The molecular formula is C17H34N2O. The van der Waals surface area contributed by atoms with Gasteiger partial charge in [-0.05, 0) is 58.8 Å². The van der Waals surface area contributed by atoms with Crippen LogP contribution in [0.2, 0.25) is 0 Å². The topological polar surface area (TPSA) is 41.1 Å². The number of carbonyl (C=O) groups excluding carboxylic acids is 1. The van der Waals surface area contributed by atoms with Gasteiger partial charge in [-0.15, -0.1) is 0 Å². The molecule has 3 unspecified atom stereocenters. The lowest BCUT2D eigenvalue weighted by Crippen LogP contribution is -2.52. The average molecular weight is 282 g/mol. The Kier molecular flexibility index (Phi) is 6.50. The maximum atomic E-state index is 12.1. The Bertz CT molecular complexity index is 307. The minimum absolute atomic E-state index is 0.1000. The Morgan fingerprint density at radius 1 is 1.20 bits per heavy atom. The smallest absolute Gasteiger partial charge is 0.237 e. The first kappa shape index (κ1) is 17.5. The Hall–Kier alpha value is -0.570. The van der Waals surface area contributed by atoms with Gasteiger partial charge in [-0.2, -0.15) is 0 Å². The van der Waals surface area contributed by atoms with E-state index in [0.717, 1.165) is 11.8 Å². The van der Waals surface area contributed by atoms with Crippen molar-refractivity contribution in [3.8, 4) is 0 Å². The van der Waals surface area contributed by atoms with Gasteiger partial charge in [0.05, 0.1) is 6.04 Å². The first-order valence-corrected chi connectivity index (χ1v) is 8.25. The summed E-state index contributed by atoms with van der Waals surface area (Å²) in [4.78, 5) is 12.1. The van der Waals surface area contributed by atoms with E-state index in [4.69, 9.17) is 0 Å². The fourth-order valence-electron chi connectivity index (χ4n) is 3.23. The van der Waals surface area contributed by atoms with Crippen molar-refractivity contribution >= 4 is 5.91 Å². The Balaban J connectivity index is 2.41. The van der Waals surface area contributed by atoms with Gasteiger partial charge in [-0.25, -0.2) is 0 Å². The van der Waals surface area contributed by atoms with E-state index in [2.05, 4.69) is 24.5 Å². The van der Waals surface area contributed by atoms with Crippen molar-refractivity contribution in [2.24, 2.45) is 11.8 Å². The highest BCUT2D eigenvalue weighted by Crippen LogP contribution is 2.29. The van der Waals surface area contributed by atoms with E-state index in [0.29, 0.717) is 6.04 Å². The molecule has 2 N–H and O–H groups in total. The molecule has 1 saturated carbocycles. The van der Waals surface area contributed by atoms with E-state index >= 15 is 0 Å². The highest BCUT2D eigenvalue weighted by Gasteiger charge is 2.26. The van der Waals surface area contributed by atoms with Crippen LogP contribution in [-0.2, 0) is 4.79 Å². The zero-order valence-electron chi connectivity index (χ0n) is 14.3. The summed E-state index contributed by atoms with van der Waals surface area (Å²) in [7, 11) is 0. The molecule has 0 radical (unpaired) electrons. The van der Waals surface area contributed by atoms with Crippen molar-refractivity contribution in [3.05, 3.63) is 0 Å². The van der Waals surface area contributed by atoms with Gasteiger partial charge in [0.25, 0.3) is 0 Å². The molecule has 3 atom stereocenters. The van der Waals surface area contributed by atoms with Crippen LogP contribution in [0.4, 0.5) is 0 Å². The SMILES string of the molecule is CC(C)CC1CCCC(NC(C)C(=O)NC(C)(C)C)C1. The summed E-state index contributed by atoms with van der Waals surface area (Å²) in [6.45, 7) is 12.7. The van der Waals surface area contributed by atoms with Crippen molar-refractivity contribution in [3.63, 3.8) is 0 Å². The van der Waals surface area contributed by atoms with E-state index in [9.17, 15) is 4.79 Å². The number of carbonyl (C=O) groups is 1. The normalized spacial score (nSPS) is 25.6. The van der Waals surface area contributed by atoms with Crippen LogP contribution in [0, 0.1) is 11.8 Å². The fraction of sp³-hybridized carbons (Fsp3) is 0.941. The highest BCUT2D eigenvalue weighted by atomic mass is 16.2. The molecule has 0 bridgehead atoms. The molecule has 0 aromatic carbocycles. The largest absolute Gasteiger partial charge is 0.350 e. The predicted octanol–water partition coefficient (Wildman–Crippen LogP) is 3.48. The first-order valence-electron chi connectivity index (χ1n) is 8.25. The van der Waals surface area contributed by atoms with E-state index in [1.807, 2.05) is 27.7 Å². The minimum Gasteiger partial charge on any atom is -0.350 e. The van der Waals surface area contributed by atoms with Crippen LogP contribution in [0.3, 0.4) is 0 Å². The lowest BCUT2D eigenvalue weighted by atomic mass is 9.81. The van der Waals surface area contributed by atoms with Crippen molar-refractivity contribution < 1.29 is 4.79 Å². The quantitative estimate of drug-likeness (QED) is 0.810. The van der Waals surface area contributed by atoms with Crippen LogP contribution in [-0.4, -0.2) is 23.5 Å². The summed E-state index contributed by atoms with van der Waals surface area (Å²) >= 11 is 0. The van der Waals surface area contributed by atoms with Gasteiger partial charge in [-0.3, -0.25) is 4.79 Å². The lowest BCUT2D eigenvalue weighted by molar-refractivity contribution is -0.124. The molecule has 1 rings (SSSR count). The average Bonchev–Trinajstić information content (AvgIpc) is 2.26. The van der Waals surface area contributed by atoms with Gasteiger partial charge in [0.1, 0.15) is 0 Å². The molecule has 1 fully saturated rings. The van der Waals surface area contributed by atoms with Gasteiger partial charge in [0.15, 0.2) is 0 Å². The Morgan fingerprint density at radius 2 is 1.85 bits per heavy atom. The Morgan fingerprint density at radius 3 is 2.40 bits per heavy atom. The predicted molar refractivity (Wildman–Crippen MR) is 85.7 cm³/mol. The van der Waals surface area contributed by atoms with Crippen molar-refractivity contribution in [1.29, 1.82) is 0 Å². The summed E-state index contributed by atoms with van der Waals surface area (Å²) in [6.07, 6.45) is 6.41. The molecule has 0 heterocycles. The summed E-state index contributed by atoms with van der Waals surface area (Å²) in [6, 6.07) is 0.408. The molecule has 1 amide bonds. The second-order valence-corrected chi connectivity index (χ2v) is 7.99. The number of amides is 1. The summed E-state index contributed by atoms with van der Waals surface area (Å²) in [5, 5.41) is 6.58. The molecule has 0 aliphatic heterocycles. The molecular weight excluding hydrogens is 248 g/mol. The number of hydrogen-bond acceptors (Lipinski definition) is 2.